The Balaban J connectivity index is 1.84. The molecule has 0 radical (unpaired) electrons. The Labute approximate surface area is 132 Å². The van der Waals surface area contributed by atoms with Crippen LogP contribution in [0, 0.1) is 5.92 Å². The minimum atomic E-state index is 0.0818. The molecular formula is C17H26N2O3. The van der Waals surface area contributed by atoms with Gasteiger partial charge < -0.3 is 20.1 Å². The number of para-hydroxylation sites is 2. The molecule has 0 heterocycles. The van der Waals surface area contributed by atoms with E-state index in [0.717, 1.165) is 37.1 Å². The number of hydrogen-bond acceptors (Lipinski definition) is 4. The van der Waals surface area contributed by atoms with Crippen molar-refractivity contribution in [3.63, 3.8) is 0 Å². The minimum absolute atomic E-state index is 0.0818. The molecule has 122 valence electrons. The summed E-state index contributed by atoms with van der Waals surface area (Å²) in [5.74, 6) is 1.23. The number of anilines is 1. The van der Waals surface area contributed by atoms with Crippen LogP contribution in [0.1, 0.15) is 25.7 Å². The molecule has 5 nitrogen and oxygen atoms in total. The second-order valence-corrected chi connectivity index (χ2v) is 5.92. The molecule has 1 amide bonds. The van der Waals surface area contributed by atoms with Crippen LogP contribution in [0.2, 0.25) is 0 Å². The fraction of sp³-hybridized carbons (Fsp3) is 0.588. The third-order valence-corrected chi connectivity index (χ3v) is 4.55. The number of ether oxygens (including phenoxy) is 1. The van der Waals surface area contributed by atoms with Crippen LogP contribution >= 0.6 is 0 Å². The fourth-order valence-electron chi connectivity index (χ4n) is 3.00. The largest absolute Gasteiger partial charge is 0.495 e. The molecule has 0 atom stereocenters. The zero-order valence-corrected chi connectivity index (χ0v) is 13.4. The fourth-order valence-corrected chi connectivity index (χ4v) is 3.00. The van der Waals surface area contributed by atoms with Crippen molar-refractivity contribution in [2.24, 2.45) is 5.92 Å². The van der Waals surface area contributed by atoms with E-state index in [4.69, 9.17) is 4.74 Å². The van der Waals surface area contributed by atoms with Crippen molar-refractivity contribution in [3.05, 3.63) is 24.3 Å². The molecule has 0 saturated heterocycles. The lowest BCUT2D eigenvalue weighted by Crippen LogP contribution is -2.42. The predicted octanol–water partition coefficient (Wildman–Crippen LogP) is 2.12. The highest BCUT2D eigenvalue weighted by Gasteiger charge is 2.26. The normalized spacial score (nSPS) is 21.2. The van der Waals surface area contributed by atoms with E-state index in [1.165, 1.54) is 0 Å². The maximum absolute atomic E-state index is 12.3. The molecule has 2 rings (SSSR count). The zero-order chi connectivity index (χ0) is 15.9. The predicted molar refractivity (Wildman–Crippen MR) is 87.1 cm³/mol. The van der Waals surface area contributed by atoms with Crippen LogP contribution < -0.4 is 10.1 Å². The Morgan fingerprint density at radius 3 is 2.64 bits per heavy atom. The lowest BCUT2D eigenvalue weighted by Gasteiger charge is -2.34. The van der Waals surface area contributed by atoms with Crippen LogP contribution in [0.3, 0.4) is 0 Å². The van der Waals surface area contributed by atoms with Gasteiger partial charge in [0.25, 0.3) is 0 Å². The minimum Gasteiger partial charge on any atom is -0.495 e. The summed E-state index contributed by atoms with van der Waals surface area (Å²) in [5.41, 5.74) is 0.829. The number of likely N-dealkylation sites (N-methyl/N-ethyl adjacent to an activating group) is 1. The van der Waals surface area contributed by atoms with Gasteiger partial charge in [0.1, 0.15) is 5.75 Å². The summed E-state index contributed by atoms with van der Waals surface area (Å²) in [6.07, 6.45) is 3.95. The standard InChI is InChI=1S/C17H26N2O3/c1-19(14-9-7-13(12-20)8-10-14)17(21)11-18-15-5-3-4-6-16(15)22-2/h3-6,13-14,18,20H,7-12H2,1-2H3. The summed E-state index contributed by atoms with van der Waals surface area (Å²) in [4.78, 5) is 14.2. The summed E-state index contributed by atoms with van der Waals surface area (Å²) in [5, 5.41) is 12.3. The number of carbonyl (C=O) groups is 1. The quantitative estimate of drug-likeness (QED) is 0.845. The number of amides is 1. The van der Waals surface area contributed by atoms with Gasteiger partial charge in [-0.3, -0.25) is 4.79 Å². The topological polar surface area (TPSA) is 61.8 Å². The Kier molecular flexibility index (Phi) is 6.07. The van der Waals surface area contributed by atoms with Gasteiger partial charge in [-0.25, -0.2) is 0 Å². The molecule has 0 aromatic heterocycles. The van der Waals surface area contributed by atoms with E-state index < -0.39 is 0 Å². The van der Waals surface area contributed by atoms with Gasteiger partial charge in [0.2, 0.25) is 5.91 Å². The monoisotopic (exact) mass is 306 g/mol. The third kappa shape index (κ3) is 4.13. The molecule has 1 aliphatic rings. The Bertz CT molecular complexity index is 485. The number of aliphatic hydroxyl groups is 1. The number of nitrogens with zero attached hydrogens (tertiary/aromatic N) is 1. The first kappa shape index (κ1) is 16.6. The Morgan fingerprint density at radius 1 is 1.32 bits per heavy atom. The molecule has 2 N–H and O–H groups in total. The SMILES string of the molecule is COc1ccccc1NCC(=O)N(C)C1CCC(CO)CC1. The van der Waals surface area contributed by atoms with Gasteiger partial charge in [0, 0.05) is 19.7 Å². The van der Waals surface area contributed by atoms with E-state index in [9.17, 15) is 9.90 Å². The van der Waals surface area contributed by atoms with Crippen molar-refractivity contribution < 1.29 is 14.6 Å². The lowest BCUT2D eigenvalue weighted by molar-refractivity contribution is -0.130. The number of benzene rings is 1. The molecule has 5 heteroatoms. The van der Waals surface area contributed by atoms with Gasteiger partial charge in [0.05, 0.1) is 19.3 Å². The maximum atomic E-state index is 12.3. The number of methoxy groups -OCH3 is 1. The van der Waals surface area contributed by atoms with Gasteiger partial charge in [0.15, 0.2) is 0 Å². The molecule has 0 bridgehead atoms. The molecule has 1 fully saturated rings. The summed E-state index contributed by atoms with van der Waals surface area (Å²) in [6.45, 7) is 0.524. The number of rotatable bonds is 6. The van der Waals surface area contributed by atoms with Crippen LogP contribution in [0.25, 0.3) is 0 Å². The Morgan fingerprint density at radius 2 is 2.00 bits per heavy atom. The third-order valence-electron chi connectivity index (χ3n) is 4.55. The van der Waals surface area contributed by atoms with Gasteiger partial charge in [-0.2, -0.15) is 0 Å². The van der Waals surface area contributed by atoms with E-state index in [1.54, 1.807) is 7.11 Å². The lowest BCUT2D eigenvalue weighted by atomic mass is 9.86. The zero-order valence-electron chi connectivity index (χ0n) is 13.4. The summed E-state index contributed by atoms with van der Waals surface area (Å²) in [7, 11) is 3.49. The highest BCUT2D eigenvalue weighted by molar-refractivity contribution is 5.81. The van der Waals surface area contributed by atoms with E-state index >= 15 is 0 Å². The van der Waals surface area contributed by atoms with Crippen molar-refractivity contribution in [3.8, 4) is 5.75 Å². The van der Waals surface area contributed by atoms with Crippen molar-refractivity contribution in [2.75, 3.05) is 32.6 Å². The van der Waals surface area contributed by atoms with Crippen molar-refractivity contribution in [1.29, 1.82) is 0 Å². The van der Waals surface area contributed by atoms with E-state index in [1.807, 2.05) is 36.2 Å². The first-order valence-corrected chi connectivity index (χ1v) is 7.89. The molecule has 1 aliphatic carbocycles. The first-order valence-electron chi connectivity index (χ1n) is 7.89. The number of aliphatic hydroxyl groups excluding tert-OH is 1. The number of carbonyl (C=O) groups excluding carboxylic acids is 1. The molecule has 22 heavy (non-hydrogen) atoms. The van der Waals surface area contributed by atoms with Gasteiger partial charge >= 0.3 is 0 Å². The van der Waals surface area contributed by atoms with Crippen molar-refractivity contribution in [2.45, 2.75) is 31.7 Å². The maximum Gasteiger partial charge on any atom is 0.241 e. The first-order chi connectivity index (χ1) is 10.7. The summed E-state index contributed by atoms with van der Waals surface area (Å²) < 4.78 is 5.27. The van der Waals surface area contributed by atoms with Crippen LogP contribution in [0.4, 0.5) is 5.69 Å². The smallest absolute Gasteiger partial charge is 0.241 e. The molecule has 0 aliphatic heterocycles. The summed E-state index contributed by atoms with van der Waals surface area (Å²) in [6, 6.07) is 7.87. The highest BCUT2D eigenvalue weighted by Crippen LogP contribution is 2.27. The van der Waals surface area contributed by atoms with Crippen LogP contribution in [0.5, 0.6) is 5.75 Å². The van der Waals surface area contributed by atoms with Crippen LogP contribution in [0.15, 0.2) is 24.3 Å². The van der Waals surface area contributed by atoms with E-state index in [-0.39, 0.29) is 25.1 Å². The van der Waals surface area contributed by atoms with Crippen LogP contribution in [-0.4, -0.2) is 49.3 Å². The second-order valence-electron chi connectivity index (χ2n) is 5.92. The van der Waals surface area contributed by atoms with Crippen LogP contribution in [-0.2, 0) is 4.79 Å². The van der Waals surface area contributed by atoms with Crippen molar-refractivity contribution in [1.82, 2.24) is 4.90 Å². The summed E-state index contributed by atoms with van der Waals surface area (Å²) >= 11 is 0. The number of hydrogen-bond donors (Lipinski definition) is 2. The van der Waals surface area contributed by atoms with E-state index in [2.05, 4.69) is 5.32 Å². The average Bonchev–Trinajstić information content (AvgIpc) is 2.59. The van der Waals surface area contributed by atoms with Gasteiger partial charge in [-0.1, -0.05) is 12.1 Å². The molecule has 0 unspecified atom stereocenters. The molecule has 1 aromatic carbocycles. The van der Waals surface area contributed by atoms with Gasteiger partial charge in [-0.15, -0.1) is 0 Å². The second kappa shape index (κ2) is 8.03. The Hall–Kier alpha value is -1.75. The van der Waals surface area contributed by atoms with Gasteiger partial charge in [-0.05, 0) is 43.7 Å². The molecule has 0 spiro atoms. The average molecular weight is 306 g/mol. The molecule has 1 aromatic rings. The molecular weight excluding hydrogens is 280 g/mol. The molecule has 1 saturated carbocycles. The van der Waals surface area contributed by atoms with E-state index in [0.29, 0.717) is 5.92 Å². The highest BCUT2D eigenvalue weighted by atomic mass is 16.5. The van der Waals surface area contributed by atoms with Crippen molar-refractivity contribution >= 4 is 11.6 Å². The number of nitrogens with one attached hydrogen (secondary N) is 1.